The lowest BCUT2D eigenvalue weighted by molar-refractivity contribution is -0.119. The summed E-state index contributed by atoms with van der Waals surface area (Å²) in [6.45, 7) is 3.01. The van der Waals surface area contributed by atoms with E-state index in [1.807, 2.05) is 0 Å². The van der Waals surface area contributed by atoms with Crippen LogP contribution in [0.3, 0.4) is 0 Å². The van der Waals surface area contributed by atoms with Gasteiger partial charge in [0.1, 0.15) is 5.82 Å². The minimum Gasteiger partial charge on any atom is -0.353 e. The van der Waals surface area contributed by atoms with Crippen LogP contribution in [-0.4, -0.2) is 32.5 Å². The van der Waals surface area contributed by atoms with E-state index in [0.717, 1.165) is 30.4 Å². The van der Waals surface area contributed by atoms with Crippen LogP contribution in [0.15, 0.2) is 5.16 Å². The number of carbonyl (C=O) groups is 1. The Morgan fingerprint density at radius 3 is 2.55 bits per heavy atom. The molecular formula is C16H26N4OS. The summed E-state index contributed by atoms with van der Waals surface area (Å²) in [6, 6.07) is 0.395. The van der Waals surface area contributed by atoms with Gasteiger partial charge in [0.15, 0.2) is 5.16 Å². The van der Waals surface area contributed by atoms with Gasteiger partial charge in [0, 0.05) is 18.5 Å². The molecule has 0 aliphatic heterocycles. The van der Waals surface area contributed by atoms with Crippen LogP contribution in [0.1, 0.15) is 70.0 Å². The van der Waals surface area contributed by atoms with E-state index in [-0.39, 0.29) is 5.91 Å². The van der Waals surface area contributed by atoms with Crippen molar-refractivity contribution in [3.63, 3.8) is 0 Å². The van der Waals surface area contributed by atoms with Crippen molar-refractivity contribution in [3.8, 4) is 0 Å². The number of aromatic nitrogens is 3. The average molecular weight is 322 g/mol. The number of nitrogens with one attached hydrogen (secondary N) is 1. The van der Waals surface area contributed by atoms with E-state index in [1.54, 1.807) is 0 Å². The first-order valence-corrected chi connectivity index (χ1v) is 9.61. The maximum Gasteiger partial charge on any atom is 0.230 e. The van der Waals surface area contributed by atoms with Gasteiger partial charge < -0.3 is 9.88 Å². The van der Waals surface area contributed by atoms with Crippen LogP contribution in [0, 0.1) is 0 Å². The van der Waals surface area contributed by atoms with E-state index in [1.165, 1.54) is 50.3 Å². The zero-order valence-corrected chi connectivity index (χ0v) is 14.2. The summed E-state index contributed by atoms with van der Waals surface area (Å²) in [6.07, 6.45) is 9.80. The number of hydrogen-bond acceptors (Lipinski definition) is 4. The van der Waals surface area contributed by atoms with E-state index in [9.17, 15) is 4.79 Å². The monoisotopic (exact) mass is 322 g/mol. The van der Waals surface area contributed by atoms with E-state index in [2.05, 4.69) is 27.0 Å². The highest BCUT2D eigenvalue weighted by Crippen LogP contribution is 2.34. The van der Waals surface area contributed by atoms with Gasteiger partial charge in [-0.3, -0.25) is 4.79 Å². The third-order valence-electron chi connectivity index (χ3n) is 4.83. The molecule has 6 heteroatoms. The number of rotatable bonds is 6. The second kappa shape index (κ2) is 7.49. The lowest BCUT2D eigenvalue weighted by Crippen LogP contribution is -2.33. The van der Waals surface area contributed by atoms with Crippen molar-refractivity contribution in [1.82, 2.24) is 20.1 Å². The summed E-state index contributed by atoms with van der Waals surface area (Å²) in [5.41, 5.74) is 0. The molecule has 1 N–H and O–H groups in total. The number of hydrogen-bond donors (Lipinski definition) is 1. The molecule has 1 heterocycles. The van der Waals surface area contributed by atoms with Crippen molar-refractivity contribution in [2.24, 2.45) is 0 Å². The van der Waals surface area contributed by atoms with Gasteiger partial charge in [-0.15, -0.1) is 10.2 Å². The minimum atomic E-state index is 0.130. The van der Waals surface area contributed by atoms with Gasteiger partial charge in [0.05, 0.1) is 5.75 Å². The Balaban J connectivity index is 1.56. The zero-order valence-electron chi connectivity index (χ0n) is 13.4. The Kier molecular flexibility index (Phi) is 5.39. The molecule has 2 aliphatic rings. The molecule has 3 rings (SSSR count). The number of carbonyl (C=O) groups excluding carboxylic acids is 1. The third kappa shape index (κ3) is 3.65. The van der Waals surface area contributed by atoms with Gasteiger partial charge in [0.2, 0.25) is 5.91 Å². The van der Waals surface area contributed by atoms with Gasteiger partial charge in [-0.05, 0) is 32.6 Å². The van der Waals surface area contributed by atoms with Crippen molar-refractivity contribution in [2.45, 2.75) is 82.0 Å². The van der Waals surface area contributed by atoms with Gasteiger partial charge in [-0.2, -0.15) is 0 Å². The van der Waals surface area contributed by atoms with Gasteiger partial charge >= 0.3 is 0 Å². The maximum atomic E-state index is 12.0. The first-order chi connectivity index (χ1) is 10.8. The second-order valence-electron chi connectivity index (χ2n) is 6.40. The van der Waals surface area contributed by atoms with Crippen molar-refractivity contribution in [2.75, 3.05) is 5.75 Å². The molecule has 0 unspecified atom stereocenters. The summed E-state index contributed by atoms with van der Waals surface area (Å²) in [7, 11) is 0. The van der Waals surface area contributed by atoms with Crippen molar-refractivity contribution in [3.05, 3.63) is 5.82 Å². The number of thioether (sulfide) groups is 1. The summed E-state index contributed by atoms with van der Waals surface area (Å²) in [4.78, 5) is 12.0. The van der Waals surface area contributed by atoms with Crippen LogP contribution in [0.5, 0.6) is 0 Å². The summed E-state index contributed by atoms with van der Waals surface area (Å²) in [5.74, 6) is 2.26. The van der Waals surface area contributed by atoms with E-state index < -0.39 is 0 Å². The molecule has 1 aromatic heterocycles. The quantitative estimate of drug-likeness (QED) is 0.818. The predicted octanol–water partition coefficient (Wildman–Crippen LogP) is 3.11. The summed E-state index contributed by atoms with van der Waals surface area (Å²) < 4.78 is 2.20. The van der Waals surface area contributed by atoms with Gasteiger partial charge in [-0.25, -0.2) is 0 Å². The van der Waals surface area contributed by atoms with E-state index in [0.29, 0.717) is 17.7 Å². The maximum absolute atomic E-state index is 12.0. The molecule has 5 nitrogen and oxygen atoms in total. The van der Waals surface area contributed by atoms with Crippen molar-refractivity contribution >= 4 is 17.7 Å². The first-order valence-electron chi connectivity index (χ1n) is 8.63. The molecule has 0 saturated heterocycles. The number of nitrogens with zero attached hydrogens (tertiary/aromatic N) is 3. The van der Waals surface area contributed by atoms with Crippen LogP contribution in [0.25, 0.3) is 0 Å². The third-order valence-corrected chi connectivity index (χ3v) is 5.80. The molecule has 122 valence electrons. The van der Waals surface area contributed by atoms with E-state index in [4.69, 9.17) is 0 Å². The lowest BCUT2D eigenvalue weighted by atomic mass is 10.1. The van der Waals surface area contributed by atoms with Crippen LogP contribution in [0.4, 0.5) is 0 Å². The van der Waals surface area contributed by atoms with Gasteiger partial charge in [0.25, 0.3) is 0 Å². The number of amides is 1. The molecule has 0 bridgehead atoms. The molecule has 0 aromatic carbocycles. The summed E-state index contributed by atoms with van der Waals surface area (Å²) in [5, 5.41) is 12.8. The molecule has 2 aliphatic carbocycles. The van der Waals surface area contributed by atoms with Crippen LogP contribution in [0.2, 0.25) is 0 Å². The molecule has 0 atom stereocenters. The predicted molar refractivity (Wildman–Crippen MR) is 88.0 cm³/mol. The average Bonchev–Trinajstić information content (AvgIpc) is 3.25. The van der Waals surface area contributed by atoms with Crippen LogP contribution in [-0.2, 0) is 11.3 Å². The molecular weight excluding hydrogens is 296 g/mol. The zero-order chi connectivity index (χ0) is 15.4. The summed E-state index contributed by atoms with van der Waals surface area (Å²) >= 11 is 1.52. The minimum absolute atomic E-state index is 0.130. The molecule has 1 aromatic rings. The molecule has 0 radical (unpaired) electrons. The standard InChI is InChI=1S/C16H26N4OS/c1-2-20-15(12-7-3-4-8-12)18-19-16(20)22-11-14(21)17-13-9-5-6-10-13/h12-13H,2-11H2,1H3,(H,17,21). The lowest BCUT2D eigenvalue weighted by Gasteiger charge is -2.13. The molecule has 1 amide bonds. The van der Waals surface area contributed by atoms with Crippen LogP contribution >= 0.6 is 11.8 Å². The Hall–Kier alpha value is -1.04. The Morgan fingerprint density at radius 1 is 1.18 bits per heavy atom. The van der Waals surface area contributed by atoms with E-state index >= 15 is 0 Å². The fourth-order valence-corrected chi connectivity index (χ4v) is 4.48. The first kappa shape index (κ1) is 15.8. The molecule has 0 spiro atoms. The molecule has 2 saturated carbocycles. The van der Waals surface area contributed by atoms with Gasteiger partial charge in [-0.1, -0.05) is 37.4 Å². The Labute approximate surface area is 136 Å². The molecule has 22 heavy (non-hydrogen) atoms. The smallest absolute Gasteiger partial charge is 0.230 e. The largest absolute Gasteiger partial charge is 0.353 e. The SMILES string of the molecule is CCn1c(SCC(=O)NC2CCCC2)nnc1C1CCCC1. The van der Waals surface area contributed by atoms with Crippen molar-refractivity contribution < 1.29 is 4.79 Å². The highest BCUT2D eigenvalue weighted by Gasteiger charge is 2.24. The molecule has 2 fully saturated rings. The Bertz CT molecular complexity index is 504. The fourth-order valence-electron chi connectivity index (χ4n) is 3.66. The fraction of sp³-hybridized carbons (Fsp3) is 0.812. The normalized spacial score (nSPS) is 19.9. The van der Waals surface area contributed by atoms with Crippen molar-refractivity contribution in [1.29, 1.82) is 0 Å². The topological polar surface area (TPSA) is 59.8 Å². The highest BCUT2D eigenvalue weighted by atomic mass is 32.2. The Morgan fingerprint density at radius 2 is 1.86 bits per heavy atom. The highest BCUT2D eigenvalue weighted by molar-refractivity contribution is 7.99. The van der Waals surface area contributed by atoms with Crippen LogP contribution < -0.4 is 5.32 Å². The second-order valence-corrected chi connectivity index (χ2v) is 7.35.